The number of nitrogens with zero attached hydrogens (tertiary/aromatic N) is 3. The Morgan fingerprint density at radius 1 is 1.26 bits per heavy atom. The Balaban J connectivity index is 2.38. The Morgan fingerprint density at radius 3 is 2.74 bits per heavy atom. The molecule has 8 heteroatoms. The number of benzene rings is 1. The summed E-state index contributed by atoms with van der Waals surface area (Å²) in [6.45, 7) is 0. The zero-order valence-corrected chi connectivity index (χ0v) is 11.0. The Morgan fingerprint density at radius 2 is 2.05 bits per heavy atom. The van der Waals surface area contributed by atoms with Crippen LogP contribution in [0.15, 0.2) is 24.4 Å². The summed E-state index contributed by atoms with van der Waals surface area (Å²) in [5.41, 5.74) is 3.30. The van der Waals surface area contributed by atoms with Crippen LogP contribution in [0.1, 0.15) is 5.56 Å². The van der Waals surface area contributed by atoms with E-state index >= 15 is 0 Å². The van der Waals surface area contributed by atoms with Crippen LogP contribution in [0.3, 0.4) is 0 Å². The predicted octanol–water partition coefficient (Wildman–Crippen LogP) is 2.68. The molecule has 0 radical (unpaired) electrons. The topological polar surface area (TPSA) is 99.7 Å². The predicted molar refractivity (Wildman–Crippen MR) is 74.3 cm³/mol. The van der Waals surface area contributed by atoms with Crippen LogP contribution in [0.2, 0.25) is 10.0 Å². The molecular weight excluding hydrogens is 287 g/mol. The van der Waals surface area contributed by atoms with E-state index in [1.54, 1.807) is 18.2 Å². The van der Waals surface area contributed by atoms with Crippen LogP contribution >= 0.6 is 23.2 Å². The minimum absolute atomic E-state index is 0.208. The van der Waals surface area contributed by atoms with Crippen LogP contribution in [0, 0.1) is 11.3 Å². The van der Waals surface area contributed by atoms with E-state index in [0.29, 0.717) is 27.1 Å². The van der Waals surface area contributed by atoms with Crippen LogP contribution in [0.4, 0.5) is 17.5 Å². The fraction of sp³-hybridized carbons (Fsp3) is 0. The van der Waals surface area contributed by atoms with Crippen molar-refractivity contribution in [1.29, 1.82) is 5.26 Å². The van der Waals surface area contributed by atoms with Crippen molar-refractivity contribution in [2.24, 2.45) is 5.84 Å². The van der Waals surface area contributed by atoms with E-state index in [0.717, 1.165) is 0 Å². The average molecular weight is 295 g/mol. The number of nitrogen functional groups attached to an aromatic ring is 1. The summed E-state index contributed by atoms with van der Waals surface area (Å²) < 4.78 is 0. The summed E-state index contributed by atoms with van der Waals surface area (Å²) in [6.07, 6.45) is 1.40. The SMILES string of the molecule is N#Cc1ccc(Cl)c(Nc2nc(NN)ncc2Cl)c1. The van der Waals surface area contributed by atoms with Crippen molar-refractivity contribution in [3.8, 4) is 6.07 Å². The van der Waals surface area contributed by atoms with Gasteiger partial charge in [-0.2, -0.15) is 10.2 Å². The maximum absolute atomic E-state index is 8.86. The summed E-state index contributed by atoms with van der Waals surface area (Å²) in [7, 11) is 0. The lowest BCUT2D eigenvalue weighted by atomic mass is 10.2. The molecule has 0 aliphatic heterocycles. The van der Waals surface area contributed by atoms with Crippen molar-refractivity contribution >= 4 is 40.7 Å². The lowest BCUT2D eigenvalue weighted by molar-refractivity contribution is 1.12. The van der Waals surface area contributed by atoms with E-state index in [2.05, 4.69) is 20.7 Å². The van der Waals surface area contributed by atoms with Gasteiger partial charge >= 0.3 is 0 Å². The van der Waals surface area contributed by atoms with Gasteiger partial charge in [-0.25, -0.2) is 10.8 Å². The first kappa shape index (κ1) is 13.4. The van der Waals surface area contributed by atoms with Gasteiger partial charge in [-0.05, 0) is 18.2 Å². The van der Waals surface area contributed by atoms with Gasteiger partial charge in [0.2, 0.25) is 5.95 Å². The Hall–Kier alpha value is -2.07. The lowest BCUT2D eigenvalue weighted by Gasteiger charge is -2.10. The minimum Gasteiger partial charge on any atom is -0.338 e. The molecule has 0 spiro atoms. The highest BCUT2D eigenvalue weighted by Crippen LogP contribution is 2.29. The van der Waals surface area contributed by atoms with E-state index in [1.165, 1.54) is 6.20 Å². The van der Waals surface area contributed by atoms with Crippen molar-refractivity contribution in [2.45, 2.75) is 0 Å². The van der Waals surface area contributed by atoms with Crippen molar-refractivity contribution in [3.05, 3.63) is 40.0 Å². The molecule has 1 heterocycles. The second-order valence-electron chi connectivity index (χ2n) is 3.47. The number of hydrogen-bond acceptors (Lipinski definition) is 6. The monoisotopic (exact) mass is 294 g/mol. The molecule has 2 aromatic rings. The third-order valence-electron chi connectivity index (χ3n) is 2.22. The Kier molecular flexibility index (Phi) is 4.02. The molecule has 4 N–H and O–H groups in total. The first-order valence-corrected chi connectivity index (χ1v) is 5.85. The summed E-state index contributed by atoms with van der Waals surface area (Å²) >= 11 is 12.0. The second kappa shape index (κ2) is 5.71. The Labute approximate surface area is 119 Å². The molecule has 1 aromatic carbocycles. The average Bonchev–Trinajstić information content (AvgIpc) is 2.43. The molecule has 0 aliphatic rings. The maximum atomic E-state index is 8.86. The van der Waals surface area contributed by atoms with Crippen molar-refractivity contribution in [3.63, 3.8) is 0 Å². The van der Waals surface area contributed by atoms with Gasteiger partial charge in [-0.1, -0.05) is 23.2 Å². The maximum Gasteiger partial charge on any atom is 0.239 e. The van der Waals surface area contributed by atoms with E-state index in [4.69, 9.17) is 34.3 Å². The molecule has 2 rings (SSSR count). The van der Waals surface area contributed by atoms with Crippen molar-refractivity contribution in [2.75, 3.05) is 10.7 Å². The minimum atomic E-state index is 0.208. The van der Waals surface area contributed by atoms with E-state index in [-0.39, 0.29) is 5.95 Å². The van der Waals surface area contributed by atoms with Crippen LogP contribution in [-0.4, -0.2) is 9.97 Å². The standard InChI is InChI=1S/C11H8Cl2N6/c12-7-2-1-6(4-14)3-9(7)17-10-8(13)5-16-11(18-10)19-15/h1-3,5H,15H2,(H2,16,17,18,19). The van der Waals surface area contributed by atoms with Crippen molar-refractivity contribution < 1.29 is 0 Å². The summed E-state index contributed by atoms with van der Waals surface area (Å²) in [5.74, 6) is 5.77. The number of aromatic nitrogens is 2. The first-order valence-electron chi connectivity index (χ1n) is 5.10. The number of halogens is 2. The molecule has 0 bridgehead atoms. The van der Waals surface area contributed by atoms with Gasteiger partial charge in [0.1, 0.15) is 5.02 Å². The molecule has 0 fully saturated rings. The van der Waals surface area contributed by atoms with E-state index < -0.39 is 0 Å². The smallest absolute Gasteiger partial charge is 0.239 e. The van der Waals surface area contributed by atoms with E-state index in [9.17, 15) is 0 Å². The fourth-order valence-electron chi connectivity index (χ4n) is 1.34. The summed E-state index contributed by atoms with van der Waals surface area (Å²) in [5, 5.41) is 12.5. The zero-order chi connectivity index (χ0) is 13.8. The van der Waals surface area contributed by atoms with Crippen LogP contribution in [0.5, 0.6) is 0 Å². The number of hydrazine groups is 1. The van der Waals surface area contributed by atoms with Gasteiger partial charge < -0.3 is 5.32 Å². The molecule has 0 saturated heterocycles. The molecule has 96 valence electrons. The molecule has 0 saturated carbocycles. The summed E-state index contributed by atoms with van der Waals surface area (Å²) in [6, 6.07) is 6.84. The number of nitriles is 1. The van der Waals surface area contributed by atoms with Gasteiger partial charge in [-0.15, -0.1) is 0 Å². The molecular formula is C11H8Cl2N6. The number of nitrogens with one attached hydrogen (secondary N) is 2. The third kappa shape index (κ3) is 3.03. The highest BCUT2D eigenvalue weighted by molar-refractivity contribution is 6.34. The number of anilines is 3. The summed E-state index contributed by atoms with van der Waals surface area (Å²) in [4.78, 5) is 7.90. The van der Waals surface area contributed by atoms with Crippen LogP contribution in [0.25, 0.3) is 0 Å². The van der Waals surface area contributed by atoms with Crippen molar-refractivity contribution in [1.82, 2.24) is 9.97 Å². The highest BCUT2D eigenvalue weighted by Gasteiger charge is 2.08. The first-order chi connectivity index (χ1) is 9.13. The fourth-order valence-corrected chi connectivity index (χ4v) is 1.65. The number of nitrogens with two attached hydrogens (primary N) is 1. The molecule has 0 unspecified atom stereocenters. The molecule has 0 aliphatic carbocycles. The van der Waals surface area contributed by atoms with Crippen LogP contribution in [-0.2, 0) is 0 Å². The van der Waals surface area contributed by atoms with Gasteiger partial charge in [0, 0.05) is 0 Å². The Bertz CT molecular complexity index is 652. The van der Waals surface area contributed by atoms with Gasteiger partial charge in [0.25, 0.3) is 0 Å². The molecule has 0 atom stereocenters. The quantitative estimate of drug-likeness (QED) is 0.594. The largest absolute Gasteiger partial charge is 0.338 e. The van der Waals surface area contributed by atoms with Gasteiger partial charge in [-0.3, -0.25) is 5.43 Å². The van der Waals surface area contributed by atoms with Gasteiger partial charge in [0.05, 0.1) is 28.5 Å². The molecule has 1 aromatic heterocycles. The molecule has 6 nitrogen and oxygen atoms in total. The van der Waals surface area contributed by atoms with Crippen LogP contribution < -0.4 is 16.6 Å². The molecule has 19 heavy (non-hydrogen) atoms. The lowest BCUT2D eigenvalue weighted by Crippen LogP contribution is -2.11. The molecule has 0 amide bonds. The normalized spacial score (nSPS) is 9.79. The second-order valence-corrected chi connectivity index (χ2v) is 4.28. The van der Waals surface area contributed by atoms with E-state index in [1.807, 2.05) is 6.07 Å². The number of rotatable bonds is 3. The zero-order valence-electron chi connectivity index (χ0n) is 9.48. The third-order valence-corrected chi connectivity index (χ3v) is 2.83. The number of hydrogen-bond donors (Lipinski definition) is 3. The highest BCUT2D eigenvalue weighted by atomic mass is 35.5. The van der Waals surface area contributed by atoms with Gasteiger partial charge in [0.15, 0.2) is 5.82 Å².